The maximum Gasteiger partial charge on any atom is 0.420 e. The van der Waals surface area contributed by atoms with Crippen LogP contribution in [0.4, 0.5) is 17.6 Å². The number of benzene rings is 1. The van der Waals surface area contributed by atoms with Gasteiger partial charge < -0.3 is 9.47 Å². The monoisotopic (exact) mass is 486 g/mol. The van der Waals surface area contributed by atoms with Crippen LogP contribution in [-0.2, 0) is 10.9 Å². The van der Waals surface area contributed by atoms with Crippen molar-refractivity contribution in [2.75, 3.05) is 13.2 Å². The lowest BCUT2D eigenvalue weighted by Gasteiger charge is -2.32. The van der Waals surface area contributed by atoms with E-state index in [1.54, 1.807) is 6.92 Å². The van der Waals surface area contributed by atoms with E-state index < -0.39 is 34.7 Å². The van der Waals surface area contributed by atoms with Gasteiger partial charge in [-0.2, -0.15) is 13.2 Å². The molecular formula is C27H38F4O3. The average molecular weight is 487 g/mol. The highest BCUT2D eigenvalue weighted by atomic mass is 19.4. The van der Waals surface area contributed by atoms with Gasteiger partial charge in [-0.05, 0) is 75.3 Å². The van der Waals surface area contributed by atoms with E-state index in [0.717, 1.165) is 50.3 Å². The number of ether oxygens (including phenoxy) is 2. The largest absolute Gasteiger partial charge is 0.491 e. The highest BCUT2D eigenvalue weighted by molar-refractivity contribution is 5.98. The summed E-state index contributed by atoms with van der Waals surface area (Å²) in [7, 11) is 0. The fourth-order valence-electron chi connectivity index (χ4n) is 5.58. The topological polar surface area (TPSA) is 35.5 Å². The van der Waals surface area contributed by atoms with E-state index >= 15 is 0 Å². The quantitative estimate of drug-likeness (QED) is 0.248. The third-order valence-corrected chi connectivity index (χ3v) is 7.49. The summed E-state index contributed by atoms with van der Waals surface area (Å²) in [4.78, 5) is 12.7. The lowest BCUT2D eigenvalue weighted by Crippen LogP contribution is -2.27. The van der Waals surface area contributed by atoms with Crippen molar-refractivity contribution in [3.05, 3.63) is 29.1 Å². The Bertz CT molecular complexity index is 792. The van der Waals surface area contributed by atoms with E-state index in [0.29, 0.717) is 5.92 Å². The summed E-state index contributed by atoms with van der Waals surface area (Å²) in [6.07, 6.45) is 5.91. The highest BCUT2D eigenvalue weighted by Gasteiger charge is 2.40. The number of hydrogen-bond acceptors (Lipinski definition) is 3. The normalized spacial score (nSPS) is 25.8. The van der Waals surface area contributed by atoms with Crippen LogP contribution >= 0.6 is 0 Å². The molecule has 2 saturated carbocycles. The van der Waals surface area contributed by atoms with Crippen molar-refractivity contribution in [1.82, 2.24) is 0 Å². The van der Waals surface area contributed by atoms with E-state index in [2.05, 4.69) is 6.92 Å². The summed E-state index contributed by atoms with van der Waals surface area (Å²) in [5.74, 6) is -1.17. The molecule has 1 aromatic rings. The number of rotatable bonds is 10. The predicted molar refractivity (Wildman–Crippen MR) is 124 cm³/mol. The van der Waals surface area contributed by atoms with Gasteiger partial charge in [0.15, 0.2) is 17.3 Å². The van der Waals surface area contributed by atoms with Crippen LogP contribution in [0.3, 0.4) is 0 Å². The van der Waals surface area contributed by atoms with E-state index in [1.807, 2.05) is 0 Å². The van der Waals surface area contributed by atoms with Crippen LogP contribution in [0.1, 0.15) is 100 Å². The van der Waals surface area contributed by atoms with Gasteiger partial charge in [-0.25, -0.2) is 4.39 Å². The second-order valence-corrected chi connectivity index (χ2v) is 10.0. The molecule has 0 spiro atoms. The van der Waals surface area contributed by atoms with E-state index in [9.17, 15) is 22.4 Å². The minimum absolute atomic E-state index is 0.00690. The maximum atomic E-state index is 14.5. The third-order valence-electron chi connectivity index (χ3n) is 7.49. The van der Waals surface area contributed by atoms with Crippen molar-refractivity contribution in [1.29, 1.82) is 0 Å². The molecule has 3 nitrogen and oxygen atoms in total. The molecule has 1 aromatic carbocycles. The average Bonchev–Trinajstić information content (AvgIpc) is 2.80. The molecule has 0 radical (unpaired) electrons. The zero-order valence-corrected chi connectivity index (χ0v) is 20.4. The van der Waals surface area contributed by atoms with Crippen molar-refractivity contribution in [3.63, 3.8) is 0 Å². The first-order valence-electron chi connectivity index (χ1n) is 12.9. The highest BCUT2D eigenvalue weighted by Crippen LogP contribution is 2.39. The van der Waals surface area contributed by atoms with E-state index in [4.69, 9.17) is 9.47 Å². The fraction of sp³-hybridized carbons (Fsp3) is 0.741. The van der Waals surface area contributed by atoms with Crippen LogP contribution in [0.5, 0.6) is 5.75 Å². The van der Waals surface area contributed by atoms with Gasteiger partial charge in [0.1, 0.15) is 5.56 Å². The van der Waals surface area contributed by atoms with E-state index in [-0.39, 0.29) is 25.0 Å². The summed E-state index contributed by atoms with van der Waals surface area (Å²) in [5, 5.41) is 0. The van der Waals surface area contributed by atoms with Gasteiger partial charge in [0, 0.05) is 18.6 Å². The number of carbonyl (C=O) groups excluding carboxylic acids is 1. The van der Waals surface area contributed by atoms with Gasteiger partial charge in [-0.15, -0.1) is 0 Å². The Kier molecular flexibility index (Phi) is 9.81. The molecule has 34 heavy (non-hydrogen) atoms. The van der Waals surface area contributed by atoms with Gasteiger partial charge in [-0.3, -0.25) is 4.79 Å². The van der Waals surface area contributed by atoms with Gasteiger partial charge in [0.2, 0.25) is 0 Å². The molecule has 0 bridgehead atoms. The number of halogens is 4. The van der Waals surface area contributed by atoms with Crippen LogP contribution in [0.25, 0.3) is 0 Å². The Labute approximate surface area is 200 Å². The van der Waals surface area contributed by atoms with Crippen LogP contribution in [0, 0.1) is 23.6 Å². The van der Waals surface area contributed by atoms with Gasteiger partial charge in [-0.1, -0.05) is 32.6 Å². The Balaban J connectivity index is 1.49. The summed E-state index contributed by atoms with van der Waals surface area (Å²) < 4.78 is 66.3. The smallest absolute Gasteiger partial charge is 0.420 e. The number of ketones is 1. The van der Waals surface area contributed by atoms with Crippen molar-refractivity contribution in [3.8, 4) is 5.75 Å². The SMILES string of the molecule is CCCC1CCC(COC2CCC(CC(=O)c3ccc(OCC)c(F)c3C(F)(F)F)CC2)CC1. The molecule has 0 unspecified atom stereocenters. The van der Waals surface area contributed by atoms with Crippen molar-refractivity contribution in [2.24, 2.45) is 17.8 Å². The van der Waals surface area contributed by atoms with Crippen molar-refractivity contribution in [2.45, 2.75) is 96.8 Å². The first kappa shape index (κ1) is 27.0. The standard InChI is InChI=1S/C27H38F4O3/c1-3-5-18-6-8-20(9-7-18)17-34-21-12-10-19(11-13-21)16-23(32)22-14-15-24(33-4-2)26(28)25(22)27(29,30)31/h14-15,18-21H,3-13,16-17H2,1-2H3. The zero-order chi connectivity index (χ0) is 24.7. The molecule has 2 fully saturated rings. The van der Waals surface area contributed by atoms with Crippen molar-refractivity contribution >= 4 is 5.78 Å². The number of Topliss-reactive ketones (excluding diaryl/α,β-unsaturated/α-hetero) is 1. The Morgan fingerprint density at radius 1 is 0.941 bits per heavy atom. The Hall–Kier alpha value is -1.63. The minimum Gasteiger partial charge on any atom is -0.491 e. The Morgan fingerprint density at radius 2 is 1.56 bits per heavy atom. The molecule has 0 aliphatic heterocycles. The summed E-state index contributed by atoms with van der Waals surface area (Å²) in [6, 6.07) is 2.16. The zero-order valence-electron chi connectivity index (χ0n) is 20.4. The van der Waals surface area contributed by atoms with Crippen LogP contribution in [0.15, 0.2) is 12.1 Å². The molecule has 2 aliphatic carbocycles. The number of hydrogen-bond donors (Lipinski definition) is 0. The number of carbonyl (C=O) groups is 1. The first-order valence-corrected chi connectivity index (χ1v) is 12.9. The van der Waals surface area contributed by atoms with E-state index in [1.165, 1.54) is 38.5 Å². The first-order chi connectivity index (χ1) is 16.2. The molecule has 0 N–H and O–H groups in total. The molecule has 0 atom stereocenters. The predicted octanol–water partition coefficient (Wildman–Crippen LogP) is 8.00. The lowest BCUT2D eigenvalue weighted by molar-refractivity contribution is -0.140. The number of alkyl halides is 3. The summed E-state index contributed by atoms with van der Waals surface area (Å²) >= 11 is 0. The fourth-order valence-corrected chi connectivity index (χ4v) is 5.58. The minimum atomic E-state index is -4.97. The second-order valence-electron chi connectivity index (χ2n) is 10.0. The molecule has 0 saturated heterocycles. The molecule has 0 heterocycles. The lowest BCUT2D eigenvalue weighted by atomic mass is 9.80. The second kappa shape index (κ2) is 12.4. The third kappa shape index (κ3) is 7.19. The molecule has 2 aliphatic rings. The van der Waals surface area contributed by atoms with Gasteiger partial charge >= 0.3 is 6.18 Å². The molecule has 0 aromatic heterocycles. The van der Waals surface area contributed by atoms with Crippen LogP contribution < -0.4 is 4.74 Å². The van der Waals surface area contributed by atoms with Gasteiger partial charge in [0.05, 0.1) is 12.7 Å². The summed E-state index contributed by atoms with van der Waals surface area (Å²) in [5.41, 5.74) is -2.13. The van der Waals surface area contributed by atoms with Crippen LogP contribution in [0.2, 0.25) is 0 Å². The Morgan fingerprint density at radius 3 is 2.15 bits per heavy atom. The van der Waals surface area contributed by atoms with Gasteiger partial charge in [0.25, 0.3) is 0 Å². The maximum absolute atomic E-state index is 14.5. The molecule has 3 rings (SSSR count). The molecule has 7 heteroatoms. The summed E-state index contributed by atoms with van der Waals surface area (Å²) in [6.45, 7) is 4.62. The molecular weight excluding hydrogens is 448 g/mol. The molecule has 0 amide bonds. The van der Waals surface area contributed by atoms with Crippen molar-refractivity contribution < 1.29 is 31.8 Å². The molecule has 192 valence electrons. The van der Waals surface area contributed by atoms with Crippen LogP contribution in [-0.4, -0.2) is 25.1 Å².